The Morgan fingerprint density at radius 3 is 3.06 bits per heavy atom. The Balaban J connectivity index is 2.11. The summed E-state index contributed by atoms with van der Waals surface area (Å²) in [6, 6.07) is 7.99. The van der Waals surface area contributed by atoms with Crippen molar-refractivity contribution in [3.63, 3.8) is 0 Å². The lowest BCUT2D eigenvalue weighted by atomic mass is 9.94. The molecule has 0 aliphatic carbocycles. The number of hydrogen-bond acceptors (Lipinski definition) is 4. The van der Waals surface area contributed by atoms with E-state index in [1.54, 1.807) is 4.90 Å². The highest BCUT2D eigenvalue weighted by atomic mass is 16.6. The van der Waals surface area contributed by atoms with Crippen LogP contribution in [0.15, 0.2) is 24.3 Å². The first-order chi connectivity index (χ1) is 8.63. The molecule has 0 saturated carbocycles. The van der Waals surface area contributed by atoms with Crippen LogP contribution in [-0.2, 0) is 11.2 Å². The summed E-state index contributed by atoms with van der Waals surface area (Å²) in [5.74, 6) is 0. The van der Waals surface area contributed by atoms with Gasteiger partial charge in [0.15, 0.2) is 0 Å². The molecular weight excluding hydrogens is 232 g/mol. The number of nitrogens with zero attached hydrogens (tertiary/aromatic N) is 1. The minimum Gasteiger partial charge on any atom is -0.418 e. The van der Waals surface area contributed by atoms with Gasteiger partial charge in [0, 0.05) is 6.54 Å². The van der Waals surface area contributed by atoms with Crippen molar-refractivity contribution >= 4 is 6.09 Å². The number of carbonyl (C=O) groups excluding carboxylic acids is 1. The number of amides is 1. The lowest BCUT2D eigenvalue weighted by molar-refractivity contribution is -0.0607. The van der Waals surface area contributed by atoms with Gasteiger partial charge in [-0.3, -0.25) is 0 Å². The van der Waals surface area contributed by atoms with Gasteiger partial charge in [-0.2, -0.15) is 0 Å². The molecule has 3 N–H and O–H groups in total. The summed E-state index contributed by atoms with van der Waals surface area (Å²) in [7, 11) is 0. The van der Waals surface area contributed by atoms with Gasteiger partial charge in [0.05, 0.1) is 12.6 Å². The van der Waals surface area contributed by atoms with Crippen LogP contribution in [0.3, 0.4) is 0 Å². The van der Waals surface area contributed by atoms with Gasteiger partial charge in [0.2, 0.25) is 6.29 Å². The highest BCUT2D eigenvalue weighted by Gasteiger charge is 2.29. The standard InChI is InChI=1S/C13H18N2O3/c1-9-11-5-3-2-4-10(11)6-7-15(9)13(17)18-12(16)8-14/h2-5,9,12,16H,6-8,14H2,1H3. The lowest BCUT2D eigenvalue weighted by Crippen LogP contribution is -2.41. The SMILES string of the molecule is CC1c2ccccc2CCN1C(=O)OC(O)CN. The fourth-order valence-electron chi connectivity index (χ4n) is 2.25. The first-order valence-corrected chi connectivity index (χ1v) is 6.06. The summed E-state index contributed by atoms with van der Waals surface area (Å²) in [6.45, 7) is 2.45. The van der Waals surface area contributed by atoms with Crippen molar-refractivity contribution in [2.75, 3.05) is 13.1 Å². The van der Waals surface area contributed by atoms with Gasteiger partial charge in [0.25, 0.3) is 0 Å². The van der Waals surface area contributed by atoms with Crippen LogP contribution in [-0.4, -0.2) is 35.5 Å². The van der Waals surface area contributed by atoms with Crippen molar-refractivity contribution in [1.29, 1.82) is 0 Å². The first kappa shape index (κ1) is 12.9. The molecule has 1 aromatic rings. The van der Waals surface area contributed by atoms with Crippen LogP contribution in [0, 0.1) is 0 Å². The Morgan fingerprint density at radius 1 is 1.61 bits per heavy atom. The lowest BCUT2D eigenvalue weighted by Gasteiger charge is -2.34. The molecule has 0 aromatic heterocycles. The van der Waals surface area contributed by atoms with Crippen molar-refractivity contribution in [2.45, 2.75) is 25.7 Å². The van der Waals surface area contributed by atoms with Crippen molar-refractivity contribution in [3.05, 3.63) is 35.4 Å². The van der Waals surface area contributed by atoms with Gasteiger partial charge in [-0.25, -0.2) is 4.79 Å². The quantitative estimate of drug-likeness (QED) is 0.768. The molecule has 0 saturated heterocycles. The summed E-state index contributed by atoms with van der Waals surface area (Å²) >= 11 is 0. The van der Waals surface area contributed by atoms with Gasteiger partial charge >= 0.3 is 6.09 Å². The summed E-state index contributed by atoms with van der Waals surface area (Å²) in [5.41, 5.74) is 7.60. The molecule has 98 valence electrons. The molecule has 18 heavy (non-hydrogen) atoms. The van der Waals surface area contributed by atoms with E-state index in [0.717, 1.165) is 12.0 Å². The van der Waals surface area contributed by atoms with Gasteiger partial charge in [0.1, 0.15) is 0 Å². The van der Waals surface area contributed by atoms with E-state index < -0.39 is 12.4 Å². The van der Waals surface area contributed by atoms with Crippen LogP contribution in [0.2, 0.25) is 0 Å². The van der Waals surface area contributed by atoms with E-state index in [-0.39, 0.29) is 12.6 Å². The molecule has 2 atom stereocenters. The maximum Gasteiger partial charge on any atom is 0.412 e. The summed E-state index contributed by atoms with van der Waals surface area (Å²) in [6.07, 6.45) is -0.953. The molecule has 0 radical (unpaired) electrons. The minimum atomic E-state index is -1.23. The normalized spacial score (nSPS) is 20.2. The predicted molar refractivity (Wildman–Crippen MR) is 66.8 cm³/mol. The number of carbonyl (C=O) groups is 1. The third-order valence-electron chi connectivity index (χ3n) is 3.27. The van der Waals surface area contributed by atoms with Crippen LogP contribution >= 0.6 is 0 Å². The fraction of sp³-hybridized carbons (Fsp3) is 0.462. The zero-order valence-corrected chi connectivity index (χ0v) is 10.4. The topological polar surface area (TPSA) is 75.8 Å². The highest BCUT2D eigenvalue weighted by molar-refractivity contribution is 5.69. The molecule has 5 heteroatoms. The van der Waals surface area contributed by atoms with E-state index >= 15 is 0 Å². The van der Waals surface area contributed by atoms with Crippen LogP contribution in [0.1, 0.15) is 24.1 Å². The van der Waals surface area contributed by atoms with Crippen LogP contribution < -0.4 is 5.73 Å². The first-order valence-electron chi connectivity index (χ1n) is 6.06. The second-order valence-electron chi connectivity index (χ2n) is 4.39. The predicted octanol–water partition coefficient (Wildman–Crippen LogP) is 1.02. The second kappa shape index (κ2) is 5.37. The molecule has 0 spiro atoms. The van der Waals surface area contributed by atoms with E-state index in [2.05, 4.69) is 6.07 Å². The Morgan fingerprint density at radius 2 is 2.33 bits per heavy atom. The number of aliphatic hydroxyl groups is 1. The molecule has 1 aliphatic heterocycles. The largest absolute Gasteiger partial charge is 0.418 e. The van der Waals surface area contributed by atoms with E-state index in [1.807, 2.05) is 25.1 Å². The third-order valence-corrected chi connectivity index (χ3v) is 3.27. The maximum absolute atomic E-state index is 11.9. The van der Waals surface area contributed by atoms with Gasteiger partial charge in [-0.05, 0) is 24.5 Å². The number of benzene rings is 1. The molecule has 1 amide bonds. The van der Waals surface area contributed by atoms with Crippen molar-refractivity contribution in [2.24, 2.45) is 5.73 Å². The third kappa shape index (κ3) is 2.47. The molecule has 2 unspecified atom stereocenters. The zero-order valence-electron chi connectivity index (χ0n) is 10.4. The van der Waals surface area contributed by atoms with Crippen molar-refractivity contribution in [3.8, 4) is 0 Å². The Kier molecular flexibility index (Phi) is 3.84. The Labute approximate surface area is 106 Å². The zero-order chi connectivity index (χ0) is 13.1. The monoisotopic (exact) mass is 250 g/mol. The van der Waals surface area contributed by atoms with Gasteiger partial charge < -0.3 is 20.5 Å². The second-order valence-corrected chi connectivity index (χ2v) is 4.39. The average Bonchev–Trinajstić information content (AvgIpc) is 2.39. The molecule has 2 rings (SSSR count). The van der Waals surface area contributed by atoms with Crippen molar-refractivity contribution in [1.82, 2.24) is 4.90 Å². The number of nitrogens with two attached hydrogens (primary N) is 1. The van der Waals surface area contributed by atoms with E-state index in [1.165, 1.54) is 5.56 Å². The van der Waals surface area contributed by atoms with Gasteiger partial charge in [-0.1, -0.05) is 24.3 Å². The van der Waals surface area contributed by atoms with Crippen molar-refractivity contribution < 1.29 is 14.6 Å². The van der Waals surface area contributed by atoms with E-state index in [4.69, 9.17) is 10.5 Å². The molecular formula is C13H18N2O3. The number of ether oxygens (including phenoxy) is 1. The number of aliphatic hydroxyl groups excluding tert-OH is 1. The molecule has 1 heterocycles. The maximum atomic E-state index is 11.9. The summed E-state index contributed by atoms with van der Waals surface area (Å²) < 4.78 is 4.84. The average molecular weight is 250 g/mol. The van der Waals surface area contributed by atoms with Crippen LogP contribution in [0.4, 0.5) is 4.79 Å². The van der Waals surface area contributed by atoms with E-state index in [0.29, 0.717) is 6.54 Å². The molecule has 0 bridgehead atoms. The minimum absolute atomic E-state index is 0.0487. The van der Waals surface area contributed by atoms with Gasteiger partial charge in [-0.15, -0.1) is 0 Å². The smallest absolute Gasteiger partial charge is 0.412 e. The summed E-state index contributed by atoms with van der Waals surface area (Å²) in [4.78, 5) is 13.5. The Hall–Kier alpha value is -1.59. The number of hydrogen-bond donors (Lipinski definition) is 2. The highest BCUT2D eigenvalue weighted by Crippen LogP contribution is 2.29. The van der Waals surface area contributed by atoms with E-state index in [9.17, 15) is 9.90 Å². The number of rotatable bonds is 2. The fourth-order valence-corrected chi connectivity index (χ4v) is 2.25. The molecule has 1 aromatic carbocycles. The Bertz CT molecular complexity index is 436. The van der Waals surface area contributed by atoms with Crippen LogP contribution in [0.25, 0.3) is 0 Å². The molecule has 5 nitrogen and oxygen atoms in total. The molecule has 1 aliphatic rings. The van der Waals surface area contributed by atoms with Crippen LogP contribution in [0.5, 0.6) is 0 Å². The number of fused-ring (bicyclic) bond motifs is 1. The molecule has 0 fully saturated rings. The summed E-state index contributed by atoms with van der Waals surface area (Å²) in [5, 5.41) is 9.25.